The van der Waals surface area contributed by atoms with Gasteiger partial charge in [-0.25, -0.2) is 0 Å². The van der Waals surface area contributed by atoms with E-state index in [4.69, 9.17) is 0 Å². The van der Waals surface area contributed by atoms with Crippen LogP contribution in [0.2, 0.25) is 0 Å². The van der Waals surface area contributed by atoms with Crippen molar-refractivity contribution >= 4 is 47.0 Å². The molecule has 0 spiro atoms. The average molecular weight is 315 g/mol. The van der Waals surface area contributed by atoms with Crippen LogP contribution in [0.25, 0.3) is 0 Å². The molecular weight excluding hydrogens is 296 g/mol. The van der Waals surface area contributed by atoms with Gasteiger partial charge >= 0.3 is 0 Å². The SMILES string of the molecule is c1cc(CSC2CSC2)cc(CSC2CSC2)c1. The molecule has 0 unspecified atom stereocenters. The summed E-state index contributed by atoms with van der Waals surface area (Å²) in [6.45, 7) is 0. The van der Waals surface area contributed by atoms with E-state index in [0.717, 1.165) is 10.5 Å². The molecule has 0 aliphatic carbocycles. The zero-order valence-electron chi connectivity index (χ0n) is 10.3. The topological polar surface area (TPSA) is 0 Å². The monoisotopic (exact) mass is 314 g/mol. The maximum Gasteiger partial charge on any atom is 0.0232 e. The molecule has 0 nitrogen and oxygen atoms in total. The van der Waals surface area contributed by atoms with Crippen molar-refractivity contribution in [2.75, 3.05) is 23.0 Å². The lowest BCUT2D eigenvalue weighted by molar-refractivity contribution is 1.08. The van der Waals surface area contributed by atoms with E-state index in [1.54, 1.807) is 0 Å². The summed E-state index contributed by atoms with van der Waals surface area (Å²) in [6, 6.07) is 9.22. The summed E-state index contributed by atoms with van der Waals surface area (Å²) in [5.41, 5.74) is 3.02. The summed E-state index contributed by atoms with van der Waals surface area (Å²) in [5.74, 6) is 7.84. The fourth-order valence-electron chi connectivity index (χ4n) is 1.86. The van der Waals surface area contributed by atoms with Crippen molar-refractivity contribution in [3.05, 3.63) is 35.4 Å². The minimum absolute atomic E-state index is 0.917. The third-order valence-electron chi connectivity index (χ3n) is 3.18. The molecule has 0 N–H and O–H groups in total. The van der Waals surface area contributed by atoms with E-state index in [0.29, 0.717) is 0 Å². The van der Waals surface area contributed by atoms with Gasteiger partial charge in [0.25, 0.3) is 0 Å². The molecule has 0 aromatic heterocycles. The zero-order chi connectivity index (χ0) is 12.2. The van der Waals surface area contributed by atoms with E-state index in [-0.39, 0.29) is 0 Å². The Morgan fingerprint density at radius 2 is 1.39 bits per heavy atom. The van der Waals surface area contributed by atoms with Crippen LogP contribution in [-0.4, -0.2) is 33.5 Å². The molecule has 98 valence electrons. The van der Waals surface area contributed by atoms with Crippen LogP contribution in [-0.2, 0) is 11.5 Å². The lowest BCUT2D eigenvalue weighted by Crippen LogP contribution is -2.20. The van der Waals surface area contributed by atoms with Crippen molar-refractivity contribution in [3.63, 3.8) is 0 Å². The predicted molar refractivity (Wildman–Crippen MR) is 91.3 cm³/mol. The van der Waals surface area contributed by atoms with Gasteiger partial charge in [-0.3, -0.25) is 0 Å². The van der Waals surface area contributed by atoms with E-state index >= 15 is 0 Å². The fourth-order valence-corrected chi connectivity index (χ4v) is 6.62. The summed E-state index contributed by atoms with van der Waals surface area (Å²) < 4.78 is 0. The molecule has 18 heavy (non-hydrogen) atoms. The first-order chi connectivity index (χ1) is 8.90. The molecule has 0 amide bonds. The fraction of sp³-hybridized carbons (Fsp3) is 0.571. The van der Waals surface area contributed by atoms with Crippen LogP contribution < -0.4 is 0 Å². The Bertz CT molecular complexity index is 352. The molecule has 0 saturated carbocycles. The van der Waals surface area contributed by atoms with Crippen LogP contribution in [0.5, 0.6) is 0 Å². The number of rotatable bonds is 6. The second-order valence-electron chi connectivity index (χ2n) is 4.76. The molecule has 2 aliphatic heterocycles. The highest BCUT2D eigenvalue weighted by Crippen LogP contribution is 2.33. The minimum Gasteiger partial charge on any atom is -0.160 e. The molecule has 4 heteroatoms. The van der Waals surface area contributed by atoms with E-state index in [1.165, 1.54) is 45.6 Å². The van der Waals surface area contributed by atoms with Gasteiger partial charge < -0.3 is 0 Å². The Morgan fingerprint density at radius 1 is 0.889 bits per heavy atom. The maximum atomic E-state index is 2.41. The molecule has 1 aromatic rings. The van der Waals surface area contributed by atoms with E-state index < -0.39 is 0 Å². The van der Waals surface area contributed by atoms with Crippen molar-refractivity contribution < 1.29 is 0 Å². The van der Waals surface area contributed by atoms with Gasteiger partial charge in [0.2, 0.25) is 0 Å². The molecule has 2 fully saturated rings. The van der Waals surface area contributed by atoms with Crippen LogP contribution in [0.3, 0.4) is 0 Å². The van der Waals surface area contributed by atoms with Gasteiger partial charge in [0.15, 0.2) is 0 Å². The second-order valence-corrected chi connectivity index (χ2v) is 9.49. The first-order valence-electron chi connectivity index (χ1n) is 6.36. The largest absolute Gasteiger partial charge is 0.160 e. The van der Waals surface area contributed by atoms with Gasteiger partial charge in [0.05, 0.1) is 0 Å². The van der Waals surface area contributed by atoms with Gasteiger partial charge in [-0.1, -0.05) is 24.3 Å². The summed E-state index contributed by atoms with van der Waals surface area (Å²) in [5, 5.41) is 1.83. The number of hydrogen-bond acceptors (Lipinski definition) is 4. The Morgan fingerprint density at radius 3 is 1.78 bits per heavy atom. The first-order valence-corrected chi connectivity index (χ1v) is 10.8. The quantitative estimate of drug-likeness (QED) is 0.763. The lowest BCUT2D eigenvalue weighted by atomic mass is 10.2. The van der Waals surface area contributed by atoms with Gasteiger partial charge in [-0.2, -0.15) is 47.0 Å². The normalized spacial score (nSPS) is 20.4. The molecule has 0 radical (unpaired) electrons. The number of benzene rings is 1. The summed E-state index contributed by atoms with van der Waals surface area (Å²) >= 11 is 8.42. The Balaban J connectivity index is 1.47. The molecule has 2 aliphatic rings. The van der Waals surface area contributed by atoms with E-state index in [1.807, 2.05) is 0 Å². The minimum atomic E-state index is 0.917. The van der Waals surface area contributed by atoms with Crippen LogP contribution in [0.15, 0.2) is 24.3 Å². The lowest BCUT2D eigenvalue weighted by Gasteiger charge is -2.24. The summed E-state index contributed by atoms with van der Waals surface area (Å²) in [6.07, 6.45) is 0. The molecule has 1 aromatic carbocycles. The Kier molecular flexibility index (Phi) is 5.19. The summed E-state index contributed by atoms with van der Waals surface area (Å²) in [7, 11) is 0. The van der Waals surface area contributed by atoms with Crippen LogP contribution in [0.4, 0.5) is 0 Å². The first kappa shape index (κ1) is 13.6. The number of hydrogen-bond donors (Lipinski definition) is 0. The molecule has 3 rings (SSSR count). The second kappa shape index (κ2) is 6.87. The molecule has 2 heterocycles. The van der Waals surface area contributed by atoms with Gasteiger partial charge in [0, 0.05) is 45.0 Å². The standard InChI is InChI=1S/C14H18S4/c1-2-11(5-17-13-7-15-8-13)4-12(3-1)6-18-14-9-16-10-14/h1-4,13-14H,5-10H2. The third kappa shape index (κ3) is 3.81. The van der Waals surface area contributed by atoms with Gasteiger partial charge in [-0.15, -0.1) is 0 Å². The van der Waals surface area contributed by atoms with Gasteiger partial charge in [-0.05, 0) is 11.1 Å². The highest BCUT2D eigenvalue weighted by Gasteiger charge is 2.19. The average Bonchev–Trinajstić information content (AvgIpc) is 2.25. The molecule has 2 saturated heterocycles. The predicted octanol–water partition coefficient (Wildman–Crippen LogP) is 4.38. The van der Waals surface area contributed by atoms with E-state index in [9.17, 15) is 0 Å². The molecular formula is C14H18S4. The van der Waals surface area contributed by atoms with E-state index in [2.05, 4.69) is 71.3 Å². The Hall–Kier alpha value is 0.620. The molecule has 0 atom stereocenters. The Labute approximate surface area is 127 Å². The highest BCUT2D eigenvalue weighted by atomic mass is 32.2. The highest BCUT2D eigenvalue weighted by molar-refractivity contribution is 8.07. The smallest absolute Gasteiger partial charge is 0.0232 e. The number of thioether (sulfide) groups is 4. The third-order valence-corrected chi connectivity index (χ3v) is 9.18. The van der Waals surface area contributed by atoms with Crippen molar-refractivity contribution in [2.24, 2.45) is 0 Å². The van der Waals surface area contributed by atoms with Crippen LogP contribution in [0, 0.1) is 0 Å². The maximum absolute atomic E-state index is 2.41. The van der Waals surface area contributed by atoms with Crippen LogP contribution >= 0.6 is 47.0 Å². The van der Waals surface area contributed by atoms with Crippen LogP contribution in [0.1, 0.15) is 11.1 Å². The van der Waals surface area contributed by atoms with Crippen molar-refractivity contribution in [1.82, 2.24) is 0 Å². The van der Waals surface area contributed by atoms with Crippen molar-refractivity contribution in [1.29, 1.82) is 0 Å². The van der Waals surface area contributed by atoms with Gasteiger partial charge in [0.1, 0.15) is 0 Å². The zero-order valence-corrected chi connectivity index (χ0v) is 13.6. The van der Waals surface area contributed by atoms with Crippen molar-refractivity contribution in [2.45, 2.75) is 22.0 Å². The van der Waals surface area contributed by atoms with Crippen molar-refractivity contribution in [3.8, 4) is 0 Å². The summed E-state index contributed by atoms with van der Waals surface area (Å²) in [4.78, 5) is 0. The molecule has 0 bridgehead atoms.